The van der Waals surface area contributed by atoms with Gasteiger partial charge in [-0.3, -0.25) is 14.5 Å². The molecule has 1 saturated heterocycles. The van der Waals surface area contributed by atoms with E-state index >= 15 is 0 Å². The van der Waals surface area contributed by atoms with Crippen molar-refractivity contribution in [2.75, 3.05) is 32.7 Å². The van der Waals surface area contributed by atoms with E-state index in [1.54, 1.807) is 0 Å². The number of nitrogens with zero attached hydrogens (tertiary/aromatic N) is 1. The average Bonchev–Trinajstić information content (AvgIpc) is 2.29. The van der Waals surface area contributed by atoms with E-state index in [0.717, 1.165) is 32.6 Å². The van der Waals surface area contributed by atoms with E-state index in [9.17, 15) is 9.59 Å². The zero-order valence-corrected chi connectivity index (χ0v) is 10.9. The summed E-state index contributed by atoms with van der Waals surface area (Å²) >= 11 is 0. The number of aliphatic carboxylic acids is 1. The third-order valence-corrected chi connectivity index (χ3v) is 3.00. The third kappa shape index (κ3) is 5.97. The Morgan fingerprint density at radius 1 is 1.39 bits per heavy atom. The number of carboxylic acids is 1. The molecule has 1 amide bonds. The fraction of sp³-hybridized carbons (Fsp3) is 0.833. The summed E-state index contributed by atoms with van der Waals surface area (Å²) in [7, 11) is 0. The molecule has 0 bridgehead atoms. The van der Waals surface area contributed by atoms with Gasteiger partial charge in [-0.2, -0.15) is 0 Å². The van der Waals surface area contributed by atoms with Crippen LogP contribution in [0.2, 0.25) is 0 Å². The lowest BCUT2D eigenvalue weighted by Crippen LogP contribution is -2.49. The van der Waals surface area contributed by atoms with Crippen LogP contribution in [0.5, 0.6) is 0 Å². The van der Waals surface area contributed by atoms with Crippen LogP contribution in [0.15, 0.2) is 0 Å². The van der Waals surface area contributed by atoms with Crippen molar-refractivity contribution in [1.82, 2.24) is 15.5 Å². The van der Waals surface area contributed by atoms with Gasteiger partial charge in [0.05, 0.1) is 13.0 Å². The molecule has 0 saturated carbocycles. The Hall–Kier alpha value is -1.14. The smallest absolute Gasteiger partial charge is 0.305 e. The normalized spacial score (nSPS) is 18.3. The maximum atomic E-state index is 11.8. The second-order valence-electron chi connectivity index (χ2n) is 4.68. The van der Waals surface area contributed by atoms with Gasteiger partial charge >= 0.3 is 5.97 Å². The number of carboxylic acid groups (broad SMARTS) is 1. The molecule has 0 aromatic rings. The molecule has 0 spiro atoms. The minimum atomic E-state index is -0.865. The van der Waals surface area contributed by atoms with Crippen LogP contribution in [0.3, 0.4) is 0 Å². The number of amides is 1. The molecule has 1 heterocycles. The van der Waals surface area contributed by atoms with Crippen molar-refractivity contribution in [3.63, 3.8) is 0 Å². The minimum absolute atomic E-state index is 0.00113. The van der Waals surface area contributed by atoms with Crippen molar-refractivity contribution >= 4 is 11.9 Å². The third-order valence-electron chi connectivity index (χ3n) is 3.00. The highest BCUT2D eigenvalue weighted by atomic mass is 16.4. The topological polar surface area (TPSA) is 81.7 Å². The van der Waals surface area contributed by atoms with Gasteiger partial charge in [0.2, 0.25) is 5.91 Å². The molecule has 1 rings (SSSR count). The molecule has 0 aromatic heterocycles. The highest BCUT2D eigenvalue weighted by Crippen LogP contribution is 2.02. The Labute approximate surface area is 108 Å². The van der Waals surface area contributed by atoms with Crippen LogP contribution in [0.4, 0.5) is 0 Å². The Morgan fingerprint density at radius 3 is 2.61 bits per heavy atom. The summed E-state index contributed by atoms with van der Waals surface area (Å²) in [5, 5.41) is 14.8. The molecule has 0 aliphatic carbocycles. The van der Waals surface area contributed by atoms with E-state index < -0.39 is 5.97 Å². The highest BCUT2D eigenvalue weighted by Gasteiger charge is 2.18. The molecule has 6 nitrogen and oxygen atoms in total. The predicted molar refractivity (Wildman–Crippen MR) is 68.4 cm³/mol. The molecule has 1 atom stereocenters. The summed E-state index contributed by atoms with van der Waals surface area (Å²) in [6.45, 7) is 5.88. The summed E-state index contributed by atoms with van der Waals surface area (Å²) < 4.78 is 0. The standard InChI is InChI=1S/C12H23N3O3/c1-2-3-10(8-12(17)18)14-11(16)9-15-6-4-13-5-7-15/h10,13H,2-9H2,1H3,(H,14,16)(H,17,18). The van der Waals surface area contributed by atoms with Gasteiger partial charge in [-0.05, 0) is 6.42 Å². The van der Waals surface area contributed by atoms with E-state index in [2.05, 4.69) is 15.5 Å². The van der Waals surface area contributed by atoms with Gasteiger partial charge in [0.1, 0.15) is 0 Å². The molecule has 1 unspecified atom stereocenters. The van der Waals surface area contributed by atoms with Crippen molar-refractivity contribution in [1.29, 1.82) is 0 Å². The van der Waals surface area contributed by atoms with Gasteiger partial charge in [0, 0.05) is 32.2 Å². The molecule has 104 valence electrons. The molecule has 1 aliphatic rings. The van der Waals surface area contributed by atoms with Crippen LogP contribution >= 0.6 is 0 Å². The molecule has 0 aromatic carbocycles. The first-order valence-electron chi connectivity index (χ1n) is 6.56. The Morgan fingerprint density at radius 2 is 2.06 bits per heavy atom. The molecular weight excluding hydrogens is 234 g/mol. The summed E-state index contributed by atoms with van der Waals surface area (Å²) in [5.41, 5.74) is 0. The summed E-state index contributed by atoms with van der Waals surface area (Å²) in [6, 6.07) is -0.247. The molecule has 1 aliphatic heterocycles. The lowest BCUT2D eigenvalue weighted by molar-refractivity contribution is -0.137. The molecule has 18 heavy (non-hydrogen) atoms. The zero-order valence-electron chi connectivity index (χ0n) is 10.9. The Bertz CT molecular complexity index is 278. The van der Waals surface area contributed by atoms with Crippen LogP contribution in [0.1, 0.15) is 26.2 Å². The van der Waals surface area contributed by atoms with Gasteiger partial charge in [-0.15, -0.1) is 0 Å². The van der Waals surface area contributed by atoms with Gasteiger partial charge in [0.15, 0.2) is 0 Å². The summed E-state index contributed by atoms with van der Waals surface area (Å²) in [6.07, 6.45) is 1.58. The van der Waals surface area contributed by atoms with Gasteiger partial charge < -0.3 is 15.7 Å². The quantitative estimate of drug-likeness (QED) is 0.581. The average molecular weight is 257 g/mol. The van der Waals surface area contributed by atoms with Crippen LogP contribution in [0.25, 0.3) is 0 Å². The predicted octanol–water partition coefficient (Wildman–Crippen LogP) is -0.349. The van der Waals surface area contributed by atoms with Gasteiger partial charge in [-0.1, -0.05) is 13.3 Å². The summed E-state index contributed by atoms with van der Waals surface area (Å²) in [5.74, 6) is -0.937. The second-order valence-corrected chi connectivity index (χ2v) is 4.68. The van der Waals surface area contributed by atoms with Crippen molar-refractivity contribution in [3.8, 4) is 0 Å². The number of rotatable bonds is 7. The van der Waals surface area contributed by atoms with Crippen molar-refractivity contribution in [2.45, 2.75) is 32.2 Å². The lowest BCUT2D eigenvalue weighted by Gasteiger charge is -2.27. The first-order chi connectivity index (χ1) is 8.61. The number of nitrogens with one attached hydrogen (secondary N) is 2. The Kier molecular flexibility index (Phi) is 6.67. The second kappa shape index (κ2) is 8.05. The number of hydrogen-bond acceptors (Lipinski definition) is 4. The van der Waals surface area contributed by atoms with E-state index in [-0.39, 0.29) is 18.4 Å². The maximum absolute atomic E-state index is 11.8. The van der Waals surface area contributed by atoms with Crippen molar-refractivity contribution in [3.05, 3.63) is 0 Å². The van der Waals surface area contributed by atoms with E-state index in [1.165, 1.54) is 0 Å². The first kappa shape index (κ1) is 14.9. The van der Waals surface area contributed by atoms with E-state index in [4.69, 9.17) is 5.11 Å². The highest BCUT2D eigenvalue weighted by molar-refractivity contribution is 5.79. The first-order valence-corrected chi connectivity index (χ1v) is 6.56. The molecular formula is C12H23N3O3. The molecule has 3 N–H and O–H groups in total. The fourth-order valence-electron chi connectivity index (χ4n) is 2.13. The van der Waals surface area contributed by atoms with Crippen LogP contribution < -0.4 is 10.6 Å². The lowest BCUT2D eigenvalue weighted by atomic mass is 10.1. The SMILES string of the molecule is CCCC(CC(=O)O)NC(=O)CN1CCNCC1. The molecule has 1 fully saturated rings. The molecule has 6 heteroatoms. The fourth-order valence-corrected chi connectivity index (χ4v) is 2.13. The monoisotopic (exact) mass is 257 g/mol. The minimum Gasteiger partial charge on any atom is -0.481 e. The van der Waals surface area contributed by atoms with Crippen LogP contribution in [-0.4, -0.2) is 60.6 Å². The van der Waals surface area contributed by atoms with Crippen molar-refractivity contribution < 1.29 is 14.7 Å². The van der Waals surface area contributed by atoms with Gasteiger partial charge in [0.25, 0.3) is 0 Å². The number of hydrogen-bond donors (Lipinski definition) is 3. The van der Waals surface area contributed by atoms with Crippen LogP contribution in [-0.2, 0) is 9.59 Å². The number of carbonyl (C=O) groups is 2. The number of piperazine rings is 1. The summed E-state index contributed by atoms with van der Waals surface area (Å²) in [4.78, 5) is 24.6. The largest absolute Gasteiger partial charge is 0.481 e. The molecule has 0 radical (unpaired) electrons. The Balaban J connectivity index is 2.32. The maximum Gasteiger partial charge on any atom is 0.305 e. The van der Waals surface area contributed by atoms with E-state index in [1.807, 2.05) is 6.92 Å². The van der Waals surface area contributed by atoms with Gasteiger partial charge in [-0.25, -0.2) is 0 Å². The van der Waals surface area contributed by atoms with E-state index in [0.29, 0.717) is 13.0 Å². The van der Waals surface area contributed by atoms with Crippen molar-refractivity contribution in [2.24, 2.45) is 0 Å². The van der Waals surface area contributed by atoms with Crippen LogP contribution in [0, 0.1) is 0 Å². The number of carbonyl (C=O) groups excluding carboxylic acids is 1. The zero-order chi connectivity index (χ0) is 13.4.